The molecule has 0 aliphatic carbocycles. The van der Waals surface area contributed by atoms with Crippen LogP contribution in [0.25, 0.3) is 0 Å². The Labute approximate surface area is 115 Å². The second-order valence-corrected chi connectivity index (χ2v) is 3.84. The molecular formula is C10H8ClF3N2O4. The number of anilines is 1. The Morgan fingerprint density at radius 2 is 2.00 bits per heavy atom. The number of urea groups is 1. The van der Waals surface area contributed by atoms with Crippen LogP contribution in [-0.4, -0.2) is 23.7 Å². The highest BCUT2D eigenvalue weighted by molar-refractivity contribution is 6.31. The summed E-state index contributed by atoms with van der Waals surface area (Å²) in [6.45, 7) is -0.790. The quantitative estimate of drug-likeness (QED) is 0.745. The first-order valence-electron chi connectivity index (χ1n) is 4.97. The van der Waals surface area contributed by atoms with Gasteiger partial charge in [0.1, 0.15) is 0 Å². The van der Waals surface area contributed by atoms with Crippen LogP contribution in [0.1, 0.15) is 5.56 Å². The summed E-state index contributed by atoms with van der Waals surface area (Å²) in [6, 6.07) is 1.73. The fraction of sp³-hybridized carbons (Fsp3) is 0.200. The van der Waals surface area contributed by atoms with Crippen LogP contribution in [0, 0.1) is 0 Å². The van der Waals surface area contributed by atoms with Gasteiger partial charge in [0, 0.05) is 5.69 Å². The standard InChI is InChI=1S/C10H8ClF3N2O4/c11-7-2-1-5(3-6(7)10(12,13)14)15-9(19)16-20-4-8(17)18/h1-3H,4H2,(H,17,18)(H2,15,16,19). The molecule has 0 heterocycles. The van der Waals surface area contributed by atoms with Crippen molar-refractivity contribution in [2.75, 3.05) is 11.9 Å². The summed E-state index contributed by atoms with van der Waals surface area (Å²) in [5.41, 5.74) is 0.400. The number of amides is 2. The number of nitrogens with one attached hydrogen (secondary N) is 2. The average Bonchev–Trinajstić information content (AvgIpc) is 2.29. The molecule has 0 aromatic heterocycles. The molecule has 1 aromatic rings. The second-order valence-electron chi connectivity index (χ2n) is 3.43. The first-order valence-corrected chi connectivity index (χ1v) is 5.35. The van der Waals surface area contributed by atoms with E-state index in [0.29, 0.717) is 6.07 Å². The van der Waals surface area contributed by atoms with Crippen LogP contribution in [0.5, 0.6) is 0 Å². The Bertz CT molecular complexity index is 522. The number of carbonyl (C=O) groups is 2. The van der Waals surface area contributed by atoms with Crippen LogP contribution in [0.2, 0.25) is 5.02 Å². The van der Waals surface area contributed by atoms with Crippen molar-refractivity contribution in [2.45, 2.75) is 6.18 Å². The fourth-order valence-corrected chi connectivity index (χ4v) is 1.36. The van der Waals surface area contributed by atoms with Crippen molar-refractivity contribution < 1.29 is 32.7 Å². The molecule has 0 bridgehead atoms. The van der Waals surface area contributed by atoms with Crippen molar-refractivity contribution in [1.29, 1.82) is 0 Å². The number of carboxylic acid groups (broad SMARTS) is 1. The molecule has 0 saturated carbocycles. The van der Waals surface area contributed by atoms with E-state index in [1.165, 1.54) is 0 Å². The maximum atomic E-state index is 12.6. The summed E-state index contributed by atoms with van der Waals surface area (Å²) in [5.74, 6) is -1.32. The van der Waals surface area contributed by atoms with E-state index in [4.69, 9.17) is 16.7 Å². The first-order chi connectivity index (χ1) is 9.20. The van der Waals surface area contributed by atoms with Crippen molar-refractivity contribution in [3.63, 3.8) is 0 Å². The molecule has 0 unspecified atom stereocenters. The maximum Gasteiger partial charge on any atom is 0.417 e. The molecule has 3 N–H and O–H groups in total. The monoisotopic (exact) mass is 312 g/mol. The van der Waals surface area contributed by atoms with Crippen molar-refractivity contribution >= 4 is 29.3 Å². The predicted molar refractivity (Wildman–Crippen MR) is 62.2 cm³/mol. The molecule has 2 amide bonds. The number of carboxylic acids is 1. The summed E-state index contributed by atoms with van der Waals surface area (Å²) >= 11 is 5.40. The Hall–Kier alpha value is -2.00. The maximum absolute atomic E-state index is 12.6. The van der Waals surface area contributed by atoms with Gasteiger partial charge in [-0.25, -0.2) is 15.1 Å². The van der Waals surface area contributed by atoms with E-state index >= 15 is 0 Å². The zero-order valence-electron chi connectivity index (χ0n) is 9.62. The van der Waals surface area contributed by atoms with Crippen molar-refractivity contribution in [3.05, 3.63) is 28.8 Å². The van der Waals surface area contributed by atoms with Gasteiger partial charge < -0.3 is 10.4 Å². The Morgan fingerprint density at radius 1 is 1.35 bits per heavy atom. The number of hydroxylamine groups is 1. The SMILES string of the molecule is O=C(O)CONC(=O)Nc1ccc(Cl)c(C(F)(F)F)c1. The molecule has 6 nitrogen and oxygen atoms in total. The van der Waals surface area contributed by atoms with Crippen molar-refractivity contribution in [1.82, 2.24) is 5.48 Å². The third-order valence-corrected chi connectivity index (χ3v) is 2.22. The molecule has 0 atom stereocenters. The summed E-state index contributed by atoms with van der Waals surface area (Å²) in [4.78, 5) is 25.5. The van der Waals surface area contributed by atoms with Crippen LogP contribution in [0.4, 0.5) is 23.7 Å². The predicted octanol–water partition coefficient (Wildman–Crippen LogP) is 2.50. The minimum absolute atomic E-state index is 0.182. The molecule has 0 radical (unpaired) electrons. The van der Waals surface area contributed by atoms with E-state index in [1.54, 1.807) is 5.48 Å². The molecule has 0 aliphatic rings. The number of aliphatic carboxylic acids is 1. The molecule has 0 aliphatic heterocycles. The molecule has 10 heteroatoms. The second kappa shape index (κ2) is 6.44. The van der Waals surface area contributed by atoms with Crippen LogP contribution in [-0.2, 0) is 15.8 Å². The third kappa shape index (κ3) is 4.94. The lowest BCUT2D eigenvalue weighted by atomic mass is 10.2. The largest absolute Gasteiger partial charge is 0.479 e. The smallest absolute Gasteiger partial charge is 0.417 e. The van der Waals surface area contributed by atoms with Gasteiger partial charge in [-0.3, -0.25) is 4.84 Å². The van der Waals surface area contributed by atoms with Crippen LogP contribution in [0.3, 0.4) is 0 Å². The zero-order chi connectivity index (χ0) is 15.3. The average molecular weight is 313 g/mol. The van der Waals surface area contributed by atoms with Crippen molar-refractivity contribution in [2.24, 2.45) is 0 Å². The summed E-state index contributed by atoms with van der Waals surface area (Å²) < 4.78 is 37.7. The van der Waals surface area contributed by atoms with E-state index in [9.17, 15) is 22.8 Å². The molecule has 0 saturated heterocycles. The van der Waals surface area contributed by atoms with Gasteiger partial charge in [-0.1, -0.05) is 11.6 Å². The third-order valence-electron chi connectivity index (χ3n) is 1.89. The van der Waals surface area contributed by atoms with Gasteiger partial charge in [-0.15, -0.1) is 0 Å². The fourth-order valence-electron chi connectivity index (χ4n) is 1.14. The number of hydrogen-bond acceptors (Lipinski definition) is 3. The number of hydrogen-bond donors (Lipinski definition) is 3. The van der Waals surface area contributed by atoms with E-state index in [-0.39, 0.29) is 5.69 Å². The number of benzene rings is 1. The summed E-state index contributed by atoms with van der Waals surface area (Å²) in [5, 5.41) is 9.76. The molecular weight excluding hydrogens is 305 g/mol. The van der Waals surface area contributed by atoms with Gasteiger partial charge in [0.25, 0.3) is 0 Å². The van der Waals surface area contributed by atoms with Gasteiger partial charge in [-0.2, -0.15) is 13.2 Å². The van der Waals surface area contributed by atoms with Gasteiger partial charge in [-0.05, 0) is 18.2 Å². The molecule has 1 aromatic carbocycles. The summed E-state index contributed by atoms with van der Waals surface area (Å²) in [6.07, 6.45) is -4.66. The minimum Gasteiger partial charge on any atom is -0.479 e. The van der Waals surface area contributed by atoms with Crippen LogP contribution >= 0.6 is 11.6 Å². The lowest BCUT2D eigenvalue weighted by Gasteiger charge is -2.12. The normalized spacial score (nSPS) is 11.0. The van der Waals surface area contributed by atoms with Gasteiger partial charge in [0.05, 0.1) is 10.6 Å². The van der Waals surface area contributed by atoms with Crippen LogP contribution < -0.4 is 10.8 Å². The molecule has 110 valence electrons. The summed E-state index contributed by atoms with van der Waals surface area (Å²) in [7, 11) is 0. The highest BCUT2D eigenvalue weighted by Crippen LogP contribution is 2.36. The highest BCUT2D eigenvalue weighted by atomic mass is 35.5. The van der Waals surface area contributed by atoms with Gasteiger partial charge in [0.2, 0.25) is 0 Å². The first kappa shape index (κ1) is 16.1. The van der Waals surface area contributed by atoms with Gasteiger partial charge in [0.15, 0.2) is 6.61 Å². The van der Waals surface area contributed by atoms with E-state index in [2.05, 4.69) is 4.84 Å². The number of alkyl halides is 3. The topological polar surface area (TPSA) is 87.7 Å². The number of carbonyl (C=O) groups excluding carboxylic acids is 1. The molecule has 0 spiro atoms. The van der Waals surface area contributed by atoms with Crippen LogP contribution in [0.15, 0.2) is 18.2 Å². The van der Waals surface area contributed by atoms with Gasteiger partial charge >= 0.3 is 18.2 Å². The Kier molecular flexibility index (Phi) is 5.17. The van der Waals surface area contributed by atoms with E-state index in [1.807, 2.05) is 5.32 Å². The molecule has 0 fully saturated rings. The highest BCUT2D eigenvalue weighted by Gasteiger charge is 2.33. The molecule has 20 heavy (non-hydrogen) atoms. The Balaban J connectivity index is 2.69. The molecule has 1 rings (SSSR count). The van der Waals surface area contributed by atoms with E-state index < -0.39 is 35.4 Å². The van der Waals surface area contributed by atoms with Crippen molar-refractivity contribution in [3.8, 4) is 0 Å². The van der Waals surface area contributed by atoms with E-state index in [0.717, 1.165) is 12.1 Å². The lowest BCUT2D eigenvalue weighted by Crippen LogP contribution is -2.30. The number of halogens is 4. The number of rotatable bonds is 4. The Morgan fingerprint density at radius 3 is 2.55 bits per heavy atom. The minimum atomic E-state index is -4.66. The zero-order valence-corrected chi connectivity index (χ0v) is 10.4. The lowest BCUT2D eigenvalue weighted by molar-refractivity contribution is -0.144.